The molecule has 9 nitrogen and oxygen atoms in total. The molecule has 0 aliphatic rings. The van der Waals surface area contributed by atoms with Crippen molar-refractivity contribution in [2.45, 2.75) is 200 Å². The van der Waals surface area contributed by atoms with Crippen LogP contribution in [-0.2, 0) is 32.7 Å². The van der Waals surface area contributed by atoms with Crippen molar-refractivity contribution in [3.63, 3.8) is 0 Å². The molecular weight excluding hydrogens is 774 g/mol. The van der Waals surface area contributed by atoms with Crippen molar-refractivity contribution in [3.8, 4) is 0 Å². The average Bonchev–Trinajstić information content (AvgIpc) is 3.20. The topological polar surface area (TPSA) is 108 Å². The maximum Gasteiger partial charge on any atom is 0.472 e. The third-order valence-electron chi connectivity index (χ3n) is 10.0. The van der Waals surface area contributed by atoms with E-state index in [-0.39, 0.29) is 32.0 Å². The number of allylic oxidation sites excluding steroid dienone is 10. The molecule has 0 heterocycles. The van der Waals surface area contributed by atoms with Crippen LogP contribution in [0.3, 0.4) is 0 Å². The Bertz CT molecular complexity index is 1210. The molecule has 0 aromatic rings. The summed E-state index contributed by atoms with van der Waals surface area (Å²) in [7, 11) is 1.45. The fraction of sp³-hybridized carbons (Fsp3) is 0.760. The van der Waals surface area contributed by atoms with Crippen molar-refractivity contribution in [1.82, 2.24) is 0 Å². The number of carbonyl (C=O) groups is 2. The zero-order valence-electron chi connectivity index (χ0n) is 39.2. The van der Waals surface area contributed by atoms with Crippen LogP contribution < -0.4 is 0 Å². The highest BCUT2D eigenvalue weighted by molar-refractivity contribution is 7.47. The fourth-order valence-corrected chi connectivity index (χ4v) is 7.04. The van der Waals surface area contributed by atoms with Crippen LogP contribution in [0.1, 0.15) is 194 Å². The summed E-state index contributed by atoms with van der Waals surface area (Å²) in [5.74, 6) is -0.836. The van der Waals surface area contributed by atoms with E-state index < -0.39 is 26.5 Å². The molecule has 10 heteroatoms. The molecule has 2 atom stereocenters. The van der Waals surface area contributed by atoms with Crippen LogP contribution in [0, 0.1) is 0 Å². The number of hydrogen-bond acceptors (Lipinski definition) is 7. The first-order valence-electron chi connectivity index (χ1n) is 24.0. The van der Waals surface area contributed by atoms with E-state index in [4.69, 9.17) is 18.5 Å². The maximum absolute atomic E-state index is 12.7. The van der Waals surface area contributed by atoms with Crippen molar-refractivity contribution in [2.24, 2.45) is 0 Å². The van der Waals surface area contributed by atoms with E-state index in [1.54, 1.807) is 0 Å². The van der Waals surface area contributed by atoms with Crippen molar-refractivity contribution in [2.75, 3.05) is 47.5 Å². The lowest BCUT2D eigenvalue weighted by atomic mass is 10.0. The summed E-state index contributed by atoms with van der Waals surface area (Å²) in [6.07, 6.45) is 51.4. The van der Waals surface area contributed by atoms with Gasteiger partial charge in [0.25, 0.3) is 0 Å². The monoisotopic (exact) mass is 865 g/mol. The van der Waals surface area contributed by atoms with Crippen LogP contribution in [0.25, 0.3) is 0 Å². The van der Waals surface area contributed by atoms with Gasteiger partial charge in [-0.25, -0.2) is 4.57 Å². The summed E-state index contributed by atoms with van der Waals surface area (Å²) in [6, 6.07) is 0. The van der Waals surface area contributed by atoms with E-state index in [1.165, 1.54) is 96.3 Å². The van der Waals surface area contributed by atoms with Crippen LogP contribution in [0.2, 0.25) is 0 Å². The summed E-state index contributed by atoms with van der Waals surface area (Å²) in [6.45, 7) is 4.26. The summed E-state index contributed by atoms with van der Waals surface area (Å²) in [5.41, 5.74) is 0. The first-order chi connectivity index (χ1) is 29.0. The first kappa shape index (κ1) is 57.7. The van der Waals surface area contributed by atoms with Gasteiger partial charge in [0.1, 0.15) is 19.8 Å². The normalized spacial score (nSPS) is 14.0. The summed E-state index contributed by atoms with van der Waals surface area (Å²) < 4.78 is 34.3. The molecule has 0 radical (unpaired) electrons. The molecule has 0 fully saturated rings. The number of carbonyl (C=O) groups excluding carboxylic acids is 2. The Morgan fingerprint density at radius 1 is 0.533 bits per heavy atom. The molecular formula is C50H91NO8P+. The molecule has 0 amide bonds. The van der Waals surface area contributed by atoms with Gasteiger partial charge in [0, 0.05) is 12.8 Å². The number of phosphoric acid groups is 1. The molecule has 348 valence electrons. The van der Waals surface area contributed by atoms with Gasteiger partial charge in [-0.1, -0.05) is 164 Å². The van der Waals surface area contributed by atoms with Gasteiger partial charge >= 0.3 is 19.8 Å². The smallest absolute Gasteiger partial charge is 0.462 e. The van der Waals surface area contributed by atoms with Gasteiger partial charge in [0.15, 0.2) is 6.10 Å². The van der Waals surface area contributed by atoms with Crippen LogP contribution >= 0.6 is 7.82 Å². The van der Waals surface area contributed by atoms with Crippen LogP contribution in [0.5, 0.6) is 0 Å². The Balaban J connectivity index is 4.25. The number of hydrogen-bond donors (Lipinski definition) is 1. The largest absolute Gasteiger partial charge is 0.472 e. The van der Waals surface area contributed by atoms with Gasteiger partial charge in [0.2, 0.25) is 0 Å². The van der Waals surface area contributed by atoms with Gasteiger partial charge in [-0.05, 0) is 77.0 Å². The van der Waals surface area contributed by atoms with Gasteiger partial charge in [-0.3, -0.25) is 18.6 Å². The van der Waals surface area contributed by atoms with Gasteiger partial charge in [-0.15, -0.1) is 0 Å². The Morgan fingerprint density at radius 3 is 1.43 bits per heavy atom. The molecule has 0 aliphatic carbocycles. The highest BCUT2D eigenvalue weighted by Gasteiger charge is 2.27. The average molecular weight is 865 g/mol. The minimum atomic E-state index is -4.39. The Morgan fingerprint density at radius 2 is 0.950 bits per heavy atom. The molecule has 0 rings (SSSR count). The number of unbranched alkanes of at least 4 members (excludes halogenated alkanes) is 19. The molecule has 0 spiro atoms. The number of nitrogens with zero attached hydrogens (tertiary/aromatic N) is 1. The quantitative estimate of drug-likeness (QED) is 0.0212. The highest BCUT2D eigenvalue weighted by Crippen LogP contribution is 2.43. The number of esters is 2. The summed E-state index contributed by atoms with van der Waals surface area (Å²) in [4.78, 5) is 35.4. The molecule has 0 aromatic carbocycles. The van der Waals surface area contributed by atoms with Crippen molar-refractivity contribution < 1.29 is 42.1 Å². The van der Waals surface area contributed by atoms with E-state index in [0.717, 1.165) is 64.2 Å². The lowest BCUT2D eigenvalue weighted by molar-refractivity contribution is -0.870. The highest BCUT2D eigenvalue weighted by atomic mass is 31.2. The number of likely N-dealkylation sites (N-methyl/N-ethyl adjacent to an activating group) is 1. The summed E-state index contributed by atoms with van der Waals surface area (Å²) >= 11 is 0. The second-order valence-electron chi connectivity index (χ2n) is 17.1. The van der Waals surface area contributed by atoms with Gasteiger partial charge < -0.3 is 18.9 Å². The third kappa shape index (κ3) is 45.2. The minimum absolute atomic E-state index is 0.0234. The molecule has 1 N–H and O–H groups in total. The molecule has 2 unspecified atom stereocenters. The SMILES string of the molecule is CC/C=C\C/C=C\C/C=C\CCCCCC(=O)OC(COC(=O)CCCCCCCCCCCCC/C=C\C/C=C\CCCCCCC)COP(=O)(O)OCC[N+](C)(C)C. The zero-order chi connectivity index (χ0) is 44.3. The maximum atomic E-state index is 12.7. The fourth-order valence-electron chi connectivity index (χ4n) is 6.29. The van der Waals surface area contributed by atoms with E-state index in [1.807, 2.05) is 21.1 Å². The first-order valence-corrected chi connectivity index (χ1v) is 25.5. The number of phosphoric ester groups is 1. The number of quaternary nitrogens is 1. The van der Waals surface area contributed by atoms with Crippen LogP contribution in [0.15, 0.2) is 60.8 Å². The molecule has 0 saturated heterocycles. The molecule has 0 saturated carbocycles. The van der Waals surface area contributed by atoms with Crippen LogP contribution in [-0.4, -0.2) is 74.9 Å². The standard InChI is InChI=1S/C50H90NO8P/c1-6-8-10-12-14-16-18-20-21-22-23-24-25-26-27-28-29-31-32-34-36-38-40-42-49(52)56-46-48(47-58-60(54,55)57-45-44-51(3,4)5)59-50(53)43-41-39-37-35-33-30-19-17-15-13-11-9-7-2/h9,11,15,17-18,20,22-23,30,33,48H,6-8,10,12-14,16,19,21,24-29,31-32,34-47H2,1-5H3/p+1/b11-9-,17-15-,20-18-,23-22-,33-30-. The van der Waals surface area contributed by atoms with Crippen molar-refractivity contribution >= 4 is 19.8 Å². The lowest BCUT2D eigenvalue weighted by Gasteiger charge is -2.24. The van der Waals surface area contributed by atoms with E-state index >= 15 is 0 Å². The second kappa shape index (κ2) is 42.0. The van der Waals surface area contributed by atoms with E-state index in [9.17, 15) is 19.0 Å². The van der Waals surface area contributed by atoms with Gasteiger partial charge in [-0.2, -0.15) is 0 Å². The zero-order valence-corrected chi connectivity index (χ0v) is 40.1. The molecule has 0 aliphatic heterocycles. The number of ether oxygens (including phenoxy) is 2. The van der Waals surface area contributed by atoms with Crippen molar-refractivity contribution in [1.29, 1.82) is 0 Å². The van der Waals surface area contributed by atoms with Gasteiger partial charge in [0.05, 0.1) is 27.7 Å². The second-order valence-corrected chi connectivity index (χ2v) is 18.6. The third-order valence-corrected chi connectivity index (χ3v) is 11.0. The predicted octanol–water partition coefficient (Wildman–Crippen LogP) is 14.0. The Kier molecular flexibility index (Phi) is 40.4. The van der Waals surface area contributed by atoms with Crippen LogP contribution in [0.4, 0.5) is 0 Å². The van der Waals surface area contributed by atoms with E-state index in [0.29, 0.717) is 17.4 Å². The number of rotatable bonds is 43. The molecule has 0 bridgehead atoms. The molecule has 60 heavy (non-hydrogen) atoms. The van der Waals surface area contributed by atoms with Crippen molar-refractivity contribution in [3.05, 3.63) is 60.8 Å². The minimum Gasteiger partial charge on any atom is -0.462 e. The summed E-state index contributed by atoms with van der Waals surface area (Å²) in [5, 5.41) is 0. The Hall–Kier alpha value is -2.29. The molecule has 0 aromatic heterocycles. The predicted molar refractivity (Wildman–Crippen MR) is 252 cm³/mol. The van der Waals surface area contributed by atoms with E-state index in [2.05, 4.69) is 74.6 Å². The lowest BCUT2D eigenvalue weighted by Crippen LogP contribution is -2.37. The Labute approximate surface area is 368 Å².